The largest absolute Gasteiger partial charge is 0.355 e. The summed E-state index contributed by atoms with van der Waals surface area (Å²) in [6.07, 6.45) is 2.13. The Kier molecular flexibility index (Phi) is 7.40. The number of piperazine rings is 1. The Hall–Kier alpha value is -1.24. The molecule has 1 aromatic rings. The van der Waals surface area contributed by atoms with E-state index >= 15 is 0 Å². The highest BCUT2D eigenvalue weighted by Crippen LogP contribution is 2.21. The van der Waals surface area contributed by atoms with Crippen molar-refractivity contribution in [2.45, 2.75) is 24.4 Å². The number of benzene rings is 1. The van der Waals surface area contributed by atoms with Gasteiger partial charge in [0.05, 0.1) is 0 Å². The minimum atomic E-state index is 0.517. The van der Waals surface area contributed by atoms with Gasteiger partial charge in [-0.2, -0.15) is 0 Å². The van der Waals surface area contributed by atoms with Crippen LogP contribution in [0.3, 0.4) is 0 Å². The molecule has 0 saturated carbocycles. The van der Waals surface area contributed by atoms with Gasteiger partial charge in [-0.25, -0.2) is 0 Å². The predicted molar refractivity (Wildman–Crippen MR) is 105 cm³/mol. The maximum absolute atomic E-state index is 4.36. The van der Waals surface area contributed by atoms with E-state index in [1.165, 1.54) is 16.0 Å². The molecule has 134 valence electrons. The van der Waals surface area contributed by atoms with E-state index in [1.54, 1.807) is 11.8 Å². The molecule has 1 unspecified atom stereocenters. The molecular formula is C18H31N5S. The van der Waals surface area contributed by atoms with E-state index in [2.05, 4.69) is 70.9 Å². The van der Waals surface area contributed by atoms with Crippen LogP contribution in [0.5, 0.6) is 0 Å². The van der Waals surface area contributed by atoms with E-state index in [0.717, 1.165) is 38.7 Å². The zero-order valence-electron chi connectivity index (χ0n) is 15.6. The molecule has 1 fully saturated rings. The number of guanidine groups is 1. The molecule has 5 nitrogen and oxygen atoms in total. The lowest BCUT2D eigenvalue weighted by molar-refractivity contribution is 0.116. The Morgan fingerprint density at radius 1 is 1.29 bits per heavy atom. The SMILES string of the molecule is CN=C(NCc1ccc(C)cc1SC)NCC1CN(C)CCN1C. The summed E-state index contributed by atoms with van der Waals surface area (Å²) < 4.78 is 0. The number of aryl methyl sites for hydroxylation is 1. The minimum Gasteiger partial charge on any atom is -0.355 e. The predicted octanol–water partition coefficient (Wildman–Crippen LogP) is 1.63. The molecule has 1 aliphatic heterocycles. The van der Waals surface area contributed by atoms with Crippen molar-refractivity contribution in [2.75, 3.05) is 53.6 Å². The van der Waals surface area contributed by atoms with Crippen LogP contribution < -0.4 is 10.6 Å². The van der Waals surface area contributed by atoms with Crippen molar-refractivity contribution in [3.63, 3.8) is 0 Å². The molecule has 0 aliphatic carbocycles. The average Bonchev–Trinajstić information content (AvgIpc) is 2.58. The number of thioether (sulfide) groups is 1. The molecule has 1 aromatic carbocycles. The zero-order valence-corrected chi connectivity index (χ0v) is 16.4. The van der Waals surface area contributed by atoms with Crippen molar-refractivity contribution < 1.29 is 0 Å². The third-order valence-electron chi connectivity index (χ3n) is 4.60. The van der Waals surface area contributed by atoms with Crippen molar-refractivity contribution in [1.82, 2.24) is 20.4 Å². The van der Waals surface area contributed by atoms with E-state index in [4.69, 9.17) is 0 Å². The van der Waals surface area contributed by atoms with Gasteiger partial charge < -0.3 is 15.5 Å². The summed E-state index contributed by atoms with van der Waals surface area (Å²) >= 11 is 1.79. The normalized spacial score (nSPS) is 20.2. The van der Waals surface area contributed by atoms with Crippen molar-refractivity contribution in [3.05, 3.63) is 29.3 Å². The lowest BCUT2D eigenvalue weighted by Gasteiger charge is -2.37. The van der Waals surface area contributed by atoms with Crippen molar-refractivity contribution in [2.24, 2.45) is 4.99 Å². The van der Waals surface area contributed by atoms with Gasteiger partial charge in [0.1, 0.15) is 0 Å². The number of aliphatic imine (C=N–C) groups is 1. The topological polar surface area (TPSA) is 42.9 Å². The highest BCUT2D eigenvalue weighted by Gasteiger charge is 2.22. The minimum absolute atomic E-state index is 0.517. The molecule has 1 atom stereocenters. The Morgan fingerprint density at radius 2 is 2.08 bits per heavy atom. The first kappa shape index (κ1) is 19.1. The van der Waals surface area contributed by atoms with Crippen LogP contribution >= 0.6 is 11.8 Å². The summed E-state index contributed by atoms with van der Waals surface area (Å²) in [6, 6.07) is 7.12. The second-order valence-electron chi connectivity index (χ2n) is 6.52. The van der Waals surface area contributed by atoms with Gasteiger partial charge in [0.15, 0.2) is 5.96 Å². The van der Waals surface area contributed by atoms with E-state index in [9.17, 15) is 0 Å². The number of hydrogen-bond donors (Lipinski definition) is 2. The van der Waals surface area contributed by atoms with Crippen LogP contribution in [0.4, 0.5) is 0 Å². The molecule has 0 amide bonds. The molecule has 1 aliphatic rings. The molecule has 0 aromatic heterocycles. The van der Waals surface area contributed by atoms with Crippen LogP contribution in [0, 0.1) is 6.92 Å². The Balaban J connectivity index is 1.86. The fourth-order valence-electron chi connectivity index (χ4n) is 2.93. The summed E-state index contributed by atoms with van der Waals surface area (Å²) in [5, 5.41) is 6.91. The van der Waals surface area contributed by atoms with Crippen LogP contribution in [0.1, 0.15) is 11.1 Å². The summed E-state index contributed by atoms with van der Waals surface area (Å²) in [6.45, 7) is 7.19. The van der Waals surface area contributed by atoms with Gasteiger partial charge in [-0.3, -0.25) is 9.89 Å². The van der Waals surface area contributed by atoms with Crippen molar-refractivity contribution in [3.8, 4) is 0 Å². The van der Waals surface area contributed by atoms with E-state index in [1.807, 2.05) is 7.05 Å². The molecule has 1 heterocycles. The number of likely N-dealkylation sites (N-methyl/N-ethyl adjacent to an activating group) is 2. The van der Waals surface area contributed by atoms with Crippen LogP contribution in [-0.2, 0) is 6.54 Å². The van der Waals surface area contributed by atoms with Gasteiger partial charge in [0.25, 0.3) is 0 Å². The van der Waals surface area contributed by atoms with Gasteiger partial charge in [0.2, 0.25) is 0 Å². The van der Waals surface area contributed by atoms with E-state index in [-0.39, 0.29) is 0 Å². The molecule has 0 bridgehead atoms. The molecule has 2 rings (SSSR count). The fraction of sp³-hybridized carbons (Fsp3) is 0.611. The fourth-order valence-corrected chi connectivity index (χ4v) is 3.64. The Labute approximate surface area is 150 Å². The van der Waals surface area contributed by atoms with Crippen molar-refractivity contribution in [1.29, 1.82) is 0 Å². The summed E-state index contributed by atoms with van der Waals surface area (Å²) in [4.78, 5) is 10.5. The first-order chi connectivity index (χ1) is 11.5. The molecule has 0 radical (unpaired) electrons. The lowest BCUT2D eigenvalue weighted by Crippen LogP contribution is -2.55. The molecule has 24 heavy (non-hydrogen) atoms. The first-order valence-corrected chi connectivity index (χ1v) is 9.72. The Bertz CT molecular complexity index is 560. The summed E-state index contributed by atoms with van der Waals surface area (Å²) in [7, 11) is 6.22. The molecule has 2 N–H and O–H groups in total. The zero-order chi connectivity index (χ0) is 17.5. The highest BCUT2D eigenvalue weighted by atomic mass is 32.2. The van der Waals surface area contributed by atoms with Gasteiger partial charge >= 0.3 is 0 Å². The lowest BCUT2D eigenvalue weighted by atomic mass is 10.1. The van der Waals surface area contributed by atoms with Gasteiger partial charge in [0, 0.05) is 50.7 Å². The molecule has 6 heteroatoms. The van der Waals surface area contributed by atoms with Crippen LogP contribution in [-0.4, -0.2) is 75.4 Å². The maximum Gasteiger partial charge on any atom is 0.191 e. The van der Waals surface area contributed by atoms with Gasteiger partial charge in [-0.15, -0.1) is 11.8 Å². The third kappa shape index (κ3) is 5.40. The standard InChI is InChI=1S/C18H31N5S/c1-14-6-7-15(17(10-14)24-5)11-20-18(19-2)21-12-16-13-22(3)8-9-23(16)4/h6-7,10,16H,8-9,11-13H2,1-5H3,(H2,19,20,21). The van der Waals surface area contributed by atoms with Gasteiger partial charge in [-0.1, -0.05) is 12.1 Å². The van der Waals surface area contributed by atoms with E-state index < -0.39 is 0 Å². The summed E-state index contributed by atoms with van der Waals surface area (Å²) in [5.74, 6) is 0.865. The molecule has 0 spiro atoms. The Morgan fingerprint density at radius 3 is 2.79 bits per heavy atom. The number of hydrogen-bond acceptors (Lipinski definition) is 4. The maximum atomic E-state index is 4.36. The molecule has 1 saturated heterocycles. The third-order valence-corrected chi connectivity index (χ3v) is 5.42. The second kappa shape index (κ2) is 9.30. The second-order valence-corrected chi connectivity index (χ2v) is 7.37. The van der Waals surface area contributed by atoms with Crippen molar-refractivity contribution >= 4 is 17.7 Å². The average molecular weight is 350 g/mol. The first-order valence-electron chi connectivity index (χ1n) is 8.50. The summed E-state index contributed by atoms with van der Waals surface area (Å²) in [5.41, 5.74) is 2.61. The quantitative estimate of drug-likeness (QED) is 0.480. The van der Waals surface area contributed by atoms with Crippen LogP contribution in [0.2, 0.25) is 0 Å². The smallest absolute Gasteiger partial charge is 0.191 e. The van der Waals surface area contributed by atoms with Gasteiger partial charge in [-0.05, 0) is 44.5 Å². The van der Waals surface area contributed by atoms with Crippen LogP contribution in [0.25, 0.3) is 0 Å². The van der Waals surface area contributed by atoms with Crippen LogP contribution in [0.15, 0.2) is 28.1 Å². The molecular weight excluding hydrogens is 318 g/mol. The number of rotatable bonds is 5. The van der Waals surface area contributed by atoms with E-state index in [0.29, 0.717) is 6.04 Å². The number of nitrogens with zero attached hydrogens (tertiary/aromatic N) is 3. The highest BCUT2D eigenvalue weighted by molar-refractivity contribution is 7.98. The number of nitrogens with one attached hydrogen (secondary N) is 2. The monoisotopic (exact) mass is 349 g/mol.